The van der Waals surface area contributed by atoms with Crippen molar-refractivity contribution in [1.82, 2.24) is 4.98 Å². The van der Waals surface area contributed by atoms with Crippen LogP contribution < -0.4 is 10.4 Å². The highest BCUT2D eigenvalue weighted by molar-refractivity contribution is 7.98. The first-order valence-electron chi connectivity index (χ1n) is 14.1. The van der Waals surface area contributed by atoms with E-state index in [0.717, 1.165) is 51.5 Å². The molecule has 5 aromatic rings. The minimum atomic E-state index is -0.552. The third-order valence-corrected chi connectivity index (χ3v) is 9.97. The zero-order valence-corrected chi connectivity index (χ0v) is 24.3. The molecule has 0 N–H and O–H groups in total. The maximum atomic E-state index is 7.08. The molecule has 4 aromatic carbocycles. The van der Waals surface area contributed by atoms with Gasteiger partial charge in [0.25, 0.3) is 0 Å². The normalized spacial score (nSPS) is 18.6. The van der Waals surface area contributed by atoms with E-state index in [-0.39, 0.29) is 0 Å². The zero-order valence-electron chi connectivity index (χ0n) is 22.7. The van der Waals surface area contributed by atoms with Gasteiger partial charge in [-0.15, -0.1) is 0 Å². The fourth-order valence-corrected chi connectivity index (χ4v) is 7.93. The van der Waals surface area contributed by atoms with Gasteiger partial charge in [0.15, 0.2) is 0 Å². The van der Waals surface area contributed by atoms with Gasteiger partial charge in [-0.25, -0.2) is 4.40 Å². The Morgan fingerprint density at radius 1 is 0.829 bits per heavy atom. The minimum Gasteiger partial charge on any atom is -0.251 e. The summed E-state index contributed by atoms with van der Waals surface area (Å²) in [5.74, 6) is 0. The lowest BCUT2D eigenvalue weighted by atomic mass is 9.64. The van der Waals surface area contributed by atoms with Crippen LogP contribution in [0.4, 0.5) is 0 Å². The van der Waals surface area contributed by atoms with Crippen molar-refractivity contribution in [2.75, 3.05) is 0 Å². The molecule has 198 valence electrons. The maximum absolute atomic E-state index is 7.08. The second-order valence-electron chi connectivity index (χ2n) is 11.1. The van der Waals surface area contributed by atoms with Crippen LogP contribution in [-0.4, -0.2) is 10.7 Å². The van der Waals surface area contributed by atoms with Crippen molar-refractivity contribution >= 4 is 58.4 Å². The summed E-state index contributed by atoms with van der Waals surface area (Å²) in [5.41, 5.74) is 7.40. The molecule has 1 atom stereocenters. The largest absolute Gasteiger partial charge is 0.251 e. The first-order chi connectivity index (χ1) is 20.1. The summed E-state index contributed by atoms with van der Waals surface area (Å²) >= 11 is 8.64. The Morgan fingerprint density at radius 2 is 1.71 bits per heavy atom. The van der Waals surface area contributed by atoms with Crippen LogP contribution in [-0.2, 0) is 11.8 Å². The fourth-order valence-electron chi connectivity index (χ4n) is 6.89. The summed E-state index contributed by atoms with van der Waals surface area (Å²) in [5, 5.41) is 6.89. The van der Waals surface area contributed by atoms with E-state index in [1.807, 2.05) is 0 Å². The number of aryl methyl sites for hydroxylation is 1. The van der Waals surface area contributed by atoms with E-state index in [2.05, 4.69) is 116 Å². The Kier molecular flexibility index (Phi) is 5.80. The fraction of sp³-hybridized carbons (Fsp3) is 0.135. The van der Waals surface area contributed by atoms with E-state index in [4.69, 9.17) is 21.0 Å². The van der Waals surface area contributed by atoms with Gasteiger partial charge in [-0.05, 0) is 94.1 Å². The van der Waals surface area contributed by atoms with E-state index in [1.54, 1.807) is 11.9 Å². The van der Waals surface area contributed by atoms with Crippen LogP contribution >= 0.6 is 23.5 Å². The molecule has 1 aliphatic heterocycles. The molecular weight excluding hydrogens is 540 g/mol. The molecule has 2 heterocycles. The van der Waals surface area contributed by atoms with E-state index >= 15 is 0 Å². The summed E-state index contributed by atoms with van der Waals surface area (Å²) in [4.78, 5) is 6.55. The molecule has 2 aliphatic carbocycles. The molecule has 1 unspecified atom stereocenters. The molecule has 3 aliphatic rings. The molecule has 8 rings (SSSR count). The maximum Gasteiger partial charge on any atom is 0.0815 e. The van der Waals surface area contributed by atoms with Crippen molar-refractivity contribution in [2.45, 2.75) is 36.5 Å². The quantitative estimate of drug-likeness (QED) is 0.203. The van der Waals surface area contributed by atoms with Gasteiger partial charge in [-0.1, -0.05) is 96.1 Å². The molecular formula is C37H27ClN2S. The number of nitrogens with zero attached hydrogens (tertiary/aromatic N) is 2. The molecule has 0 amide bonds. The minimum absolute atomic E-state index is 0.552. The Balaban J connectivity index is 1.49. The van der Waals surface area contributed by atoms with Gasteiger partial charge < -0.3 is 0 Å². The highest BCUT2D eigenvalue weighted by Crippen LogP contribution is 2.45. The van der Waals surface area contributed by atoms with Crippen LogP contribution in [0.1, 0.15) is 40.8 Å². The van der Waals surface area contributed by atoms with Crippen molar-refractivity contribution in [1.29, 1.82) is 0 Å². The molecule has 0 saturated heterocycles. The van der Waals surface area contributed by atoms with Gasteiger partial charge in [-0.2, -0.15) is 0 Å². The molecule has 2 nitrogen and oxygen atoms in total. The number of fused-ring (bicyclic) bond motifs is 6. The van der Waals surface area contributed by atoms with Crippen LogP contribution in [0.5, 0.6) is 0 Å². The number of hydrogen-bond acceptors (Lipinski definition) is 3. The number of benzene rings is 4. The second kappa shape index (κ2) is 9.58. The zero-order chi connectivity index (χ0) is 27.6. The molecule has 0 fully saturated rings. The summed E-state index contributed by atoms with van der Waals surface area (Å²) in [6.07, 6.45) is 11.9. The highest BCUT2D eigenvalue weighted by atomic mass is 35.5. The van der Waals surface area contributed by atoms with Crippen LogP contribution in [0, 0.1) is 17.4 Å². The third kappa shape index (κ3) is 3.87. The lowest BCUT2D eigenvalue weighted by molar-refractivity contribution is 0.597. The molecule has 1 aromatic heterocycles. The van der Waals surface area contributed by atoms with Gasteiger partial charge >= 0.3 is 0 Å². The SMILES string of the molecule is Cc1ccc2nc(C3(C4=NSc5ccccc5C=C4)CCC=c4ccc5c(c43)CC=c3ccccc3=5)cc(Cl)c2c1. The molecule has 0 radical (unpaired) electrons. The van der Waals surface area contributed by atoms with Crippen molar-refractivity contribution < 1.29 is 0 Å². The van der Waals surface area contributed by atoms with Crippen LogP contribution in [0.15, 0.2) is 100 Å². The standard InChI is InChI=1S/C37H27ClN2S/c1-23-12-18-32-30(21-23)31(38)22-35(39-32)37(34-19-15-25-8-3-5-11-33(25)41-40-34)20-6-9-26-14-16-28-27-10-4-2-7-24(27)13-17-29(28)36(26)37/h2-5,7-16,18-19,21-22H,6,17,20H2,1H3. The van der Waals surface area contributed by atoms with Gasteiger partial charge in [-0.3, -0.25) is 4.98 Å². The van der Waals surface area contributed by atoms with Crippen LogP contribution in [0.2, 0.25) is 5.02 Å². The number of hydrogen-bond donors (Lipinski definition) is 0. The molecule has 0 bridgehead atoms. The average Bonchev–Trinajstić information content (AvgIpc) is 3.24. The molecule has 41 heavy (non-hydrogen) atoms. The van der Waals surface area contributed by atoms with Crippen LogP contribution in [0.3, 0.4) is 0 Å². The molecule has 0 saturated carbocycles. The number of pyridine rings is 1. The van der Waals surface area contributed by atoms with Crippen LogP contribution in [0.25, 0.3) is 29.1 Å². The lowest BCUT2D eigenvalue weighted by Gasteiger charge is -2.38. The van der Waals surface area contributed by atoms with Crippen molar-refractivity contribution in [3.8, 4) is 0 Å². The first kappa shape index (κ1) is 24.8. The summed E-state index contributed by atoms with van der Waals surface area (Å²) in [6.45, 7) is 2.10. The predicted molar refractivity (Wildman–Crippen MR) is 173 cm³/mol. The Morgan fingerprint density at radius 3 is 2.66 bits per heavy atom. The topological polar surface area (TPSA) is 25.2 Å². The molecule has 4 heteroatoms. The average molecular weight is 567 g/mol. The Bertz CT molecular complexity index is 2200. The second-order valence-corrected chi connectivity index (χ2v) is 12.4. The van der Waals surface area contributed by atoms with Crippen molar-refractivity contribution in [2.24, 2.45) is 4.40 Å². The third-order valence-electron chi connectivity index (χ3n) is 8.80. The summed E-state index contributed by atoms with van der Waals surface area (Å²) < 4.78 is 5.29. The van der Waals surface area contributed by atoms with E-state index in [0.29, 0.717) is 0 Å². The van der Waals surface area contributed by atoms with Crippen molar-refractivity contribution in [3.63, 3.8) is 0 Å². The smallest absolute Gasteiger partial charge is 0.0815 e. The Hall–Kier alpha value is -3.92. The van der Waals surface area contributed by atoms with Crippen molar-refractivity contribution in [3.05, 3.63) is 145 Å². The summed E-state index contributed by atoms with van der Waals surface area (Å²) in [7, 11) is 0. The van der Waals surface area contributed by atoms with Gasteiger partial charge in [0.1, 0.15) is 0 Å². The van der Waals surface area contributed by atoms with E-state index in [1.165, 1.54) is 43.1 Å². The number of aromatic nitrogens is 1. The van der Waals surface area contributed by atoms with E-state index < -0.39 is 5.41 Å². The lowest BCUT2D eigenvalue weighted by Crippen LogP contribution is -2.44. The Labute approximate surface area is 248 Å². The number of halogens is 1. The highest BCUT2D eigenvalue weighted by Gasteiger charge is 2.44. The molecule has 0 spiro atoms. The van der Waals surface area contributed by atoms with Gasteiger partial charge in [0, 0.05) is 22.2 Å². The van der Waals surface area contributed by atoms with Gasteiger partial charge in [0.05, 0.1) is 27.4 Å². The van der Waals surface area contributed by atoms with E-state index in [9.17, 15) is 0 Å². The first-order valence-corrected chi connectivity index (χ1v) is 15.3. The van der Waals surface area contributed by atoms with Gasteiger partial charge in [0.2, 0.25) is 0 Å². The number of rotatable bonds is 2. The summed E-state index contributed by atoms with van der Waals surface area (Å²) in [6, 6.07) is 30.3. The number of allylic oxidation sites excluding steroid dienone is 1. The predicted octanol–water partition coefficient (Wildman–Crippen LogP) is 7.86. The monoisotopic (exact) mass is 566 g/mol.